The Morgan fingerprint density at radius 3 is 2.52 bits per heavy atom. The number of ether oxygens (including phenoxy) is 2. The standard InChI is InChI=1S/C21H28N2O5S/c1-5-12-23-15(3)14(2)19(20(23)22-21(24)18-7-6-13-28-18)29(25,26)17-10-8-16(27-4)9-11-17/h8-11,18H,5-7,12-13H2,1-4H3,(H,22,24)/t18-/m0/s1. The van der Waals surface area contributed by atoms with E-state index in [-0.39, 0.29) is 15.7 Å². The van der Waals surface area contributed by atoms with E-state index in [9.17, 15) is 13.2 Å². The molecule has 1 aromatic carbocycles. The van der Waals surface area contributed by atoms with Crippen molar-refractivity contribution >= 4 is 21.6 Å². The number of rotatable bonds is 7. The van der Waals surface area contributed by atoms with Crippen molar-refractivity contribution in [3.05, 3.63) is 35.5 Å². The number of hydrogen-bond donors (Lipinski definition) is 1. The van der Waals surface area contributed by atoms with Gasteiger partial charge in [-0.2, -0.15) is 0 Å². The van der Waals surface area contributed by atoms with Crippen LogP contribution >= 0.6 is 0 Å². The lowest BCUT2D eigenvalue weighted by atomic mass is 10.2. The van der Waals surface area contributed by atoms with Gasteiger partial charge in [0.05, 0.1) is 12.0 Å². The fourth-order valence-corrected chi connectivity index (χ4v) is 5.34. The highest BCUT2D eigenvalue weighted by atomic mass is 32.2. The topological polar surface area (TPSA) is 86.6 Å². The minimum atomic E-state index is -3.85. The fraction of sp³-hybridized carbons (Fsp3) is 0.476. The van der Waals surface area contributed by atoms with E-state index >= 15 is 0 Å². The summed E-state index contributed by atoms with van der Waals surface area (Å²) in [5.74, 6) is 0.592. The van der Waals surface area contributed by atoms with E-state index in [1.165, 1.54) is 19.2 Å². The van der Waals surface area contributed by atoms with Gasteiger partial charge < -0.3 is 19.4 Å². The molecule has 29 heavy (non-hydrogen) atoms. The van der Waals surface area contributed by atoms with Crippen LogP contribution < -0.4 is 10.1 Å². The number of anilines is 1. The van der Waals surface area contributed by atoms with E-state index in [0.717, 1.165) is 18.5 Å². The fourth-order valence-electron chi connectivity index (χ4n) is 3.65. The minimum absolute atomic E-state index is 0.139. The third-order valence-corrected chi connectivity index (χ3v) is 7.25. The second kappa shape index (κ2) is 8.59. The van der Waals surface area contributed by atoms with Crippen molar-refractivity contribution in [1.82, 2.24) is 4.57 Å². The van der Waals surface area contributed by atoms with Crippen LogP contribution in [0.25, 0.3) is 0 Å². The predicted octanol–water partition coefficient (Wildman–Crippen LogP) is 3.47. The number of carbonyl (C=O) groups excluding carboxylic acids is 1. The normalized spacial score (nSPS) is 16.8. The minimum Gasteiger partial charge on any atom is -0.497 e. The summed E-state index contributed by atoms with van der Waals surface area (Å²) in [5, 5.41) is 2.86. The largest absolute Gasteiger partial charge is 0.497 e. The Kier molecular flexibility index (Phi) is 6.33. The molecule has 0 spiro atoms. The molecule has 2 aromatic rings. The number of hydrogen-bond acceptors (Lipinski definition) is 5. The number of methoxy groups -OCH3 is 1. The average Bonchev–Trinajstić information content (AvgIpc) is 3.32. The van der Waals surface area contributed by atoms with E-state index in [2.05, 4.69) is 5.32 Å². The lowest BCUT2D eigenvalue weighted by Crippen LogP contribution is -2.29. The lowest BCUT2D eigenvalue weighted by molar-refractivity contribution is -0.124. The zero-order chi connectivity index (χ0) is 21.2. The molecule has 1 aliphatic heterocycles. The molecule has 1 aromatic heterocycles. The van der Waals surface area contributed by atoms with Crippen LogP contribution in [0.15, 0.2) is 34.1 Å². The first kappa shape index (κ1) is 21.4. The molecular formula is C21H28N2O5S. The van der Waals surface area contributed by atoms with Crippen molar-refractivity contribution in [2.45, 2.75) is 62.5 Å². The van der Waals surface area contributed by atoms with Gasteiger partial charge in [-0.25, -0.2) is 8.42 Å². The summed E-state index contributed by atoms with van der Waals surface area (Å²) in [5.41, 5.74) is 1.46. The molecule has 8 heteroatoms. The second-order valence-corrected chi connectivity index (χ2v) is 9.10. The van der Waals surface area contributed by atoms with Gasteiger partial charge in [-0.1, -0.05) is 6.92 Å². The van der Waals surface area contributed by atoms with Crippen LogP contribution in [0.5, 0.6) is 5.75 Å². The molecule has 3 rings (SSSR count). The first-order valence-corrected chi connectivity index (χ1v) is 11.3. The smallest absolute Gasteiger partial charge is 0.254 e. The van der Waals surface area contributed by atoms with E-state index in [4.69, 9.17) is 9.47 Å². The summed E-state index contributed by atoms with van der Waals surface area (Å²) in [6, 6.07) is 6.27. The van der Waals surface area contributed by atoms with Crippen molar-refractivity contribution in [3.63, 3.8) is 0 Å². The van der Waals surface area contributed by atoms with Crippen molar-refractivity contribution in [2.24, 2.45) is 0 Å². The maximum atomic E-state index is 13.5. The molecule has 1 amide bonds. The van der Waals surface area contributed by atoms with Gasteiger partial charge in [0, 0.05) is 18.8 Å². The first-order chi connectivity index (χ1) is 13.8. The van der Waals surface area contributed by atoms with Gasteiger partial charge in [0.15, 0.2) is 0 Å². The summed E-state index contributed by atoms with van der Waals surface area (Å²) in [6.45, 7) is 6.81. The second-order valence-electron chi connectivity index (χ2n) is 7.21. The molecule has 7 nitrogen and oxygen atoms in total. The van der Waals surface area contributed by atoms with Crippen LogP contribution in [-0.4, -0.2) is 38.7 Å². The third kappa shape index (κ3) is 4.04. The summed E-state index contributed by atoms with van der Waals surface area (Å²) >= 11 is 0. The van der Waals surface area contributed by atoms with E-state index in [1.807, 2.05) is 18.4 Å². The highest BCUT2D eigenvalue weighted by Crippen LogP contribution is 2.36. The van der Waals surface area contributed by atoms with Gasteiger partial charge in [-0.05, 0) is 62.9 Å². The Morgan fingerprint density at radius 2 is 1.97 bits per heavy atom. The quantitative estimate of drug-likeness (QED) is 0.741. The number of carbonyl (C=O) groups is 1. The average molecular weight is 421 g/mol. The highest BCUT2D eigenvalue weighted by molar-refractivity contribution is 7.91. The molecule has 2 heterocycles. The molecule has 1 saturated heterocycles. The van der Waals surface area contributed by atoms with Crippen molar-refractivity contribution in [1.29, 1.82) is 0 Å². The Hall–Kier alpha value is -2.32. The summed E-state index contributed by atoms with van der Waals surface area (Å²) in [6.07, 6.45) is 1.72. The van der Waals surface area contributed by atoms with Gasteiger partial charge in [0.1, 0.15) is 22.6 Å². The van der Waals surface area contributed by atoms with Gasteiger partial charge in [0.2, 0.25) is 9.84 Å². The van der Waals surface area contributed by atoms with Crippen LogP contribution in [0.1, 0.15) is 37.4 Å². The van der Waals surface area contributed by atoms with Crippen molar-refractivity contribution < 1.29 is 22.7 Å². The molecule has 1 N–H and O–H groups in total. The van der Waals surface area contributed by atoms with Crippen LogP contribution in [-0.2, 0) is 25.9 Å². The number of nitrogens with zero attached hydrogens (tertiary/aromatic N) is 1. The predicted molar refractivity (Wildman–Crippen MR) is 110 cm³/mol. The summed E-state index contributed by atoms with van der Waals surface area (Å²) in [4.78, 5) is 13.0. The Morgan fingerprint density at radius 1 is 1.28 bits per heavy atom. The molecule has 1 fully saturated rings. The highest BCUT2D eigenvalue weighted by Gasteiger charge is 2.32. The van der Waals surface area contributed by atoms with Gasteiger partial charge in [0.25, 0.3) is 5.91 Å². The molecule has 0 aliphatic carbocycles. The van der Waals surface area contributed by atoms with E-state index in [1.54, 1.807) is 19.1 Å². The van der Waals surface area contributed by atoms with Crippen LogP contribution in [0, 0.1) is 13.8 Å². The maximum Gasteiger partial charge on any atom is 0.254 e. The molecule has 0 saturated carbocycles. The first-order valence-electron chi connectivity index (χ1n) is 9.82. The Bertz CT molecular complexity index is 987. The molecule has 158 valence electrons. The monoisotopic (exact) mass is 420 g/mol. The Labute approximate surface area is 171 Å². The summed E-state index contributed by atoms with van der Waals surface area (Å²) in [7, 11) is -2.32. The number of sulfone groups is 1. The number of nitrogens with one attached hydrogen (secondary N) is 1. The van der Waals surface area contributed by atoms with Gasteiger partial charge in [-0.3, -0.25) is 4.79 Å². The molecule has 1 atom stereocenters. The third-order valence-electron chi connectivity index (χ3n) is 5.32. The Balaban J connectivity index is 2.10. The van der Waals surface area contributed by atoms with Crippen molar-refractivity contribution in [2.75, 3.05) is 19.0 Å². The van der Waals surface area contributed by atoms with Crippen LogP contribution in [0.3, 0.4) is 0 Å². The van der Waals surface area contributed by atoms with Crippen LogP contribution in [0.2, 0.25) is 0 Å². The van der Waals surface area contributed by atoms with Gasteiger partial charge in [-0.15, -0.1) is 0 Å². The van der Waals surface area contributed by atoms with Gasteiger partial charge >= 0.3 is 0 Å². The summed E-state index contributed by atoms with van der Waals surface area (Å²) < 4.78 is 39.5. The van der Waals surface area contributed by atoms with E-state index < -0.39 is 15.9 Å². The lowest BCUT2D eigenvalue weighted by Gasteiger charge is -2.16. The molecule has 0 unspecified atom stereocenters. The maximum absolute atomic E-state index is 13.5. The molecular weight excluding hydrogens is 392 g/mol. The molecule has 0 bridgehead atoms. The molecule has 1 aliphatic rings. The zero-order valence-corrected chi connectivity index (χ0v) is 18.1. The SMILES string of the molecule is CCCn1c(C)c(C)c(S(=O)(=O)c2ccc(OC)cc2)c1NC(=O)[C@@H]1CCCO1. The van der Waals surface area contributed by atoms with E-state index in [0.29, 0.717) is 36.7 Å². The zero-order valence-electron chi connectivity index (χ0n) is 17.3. The van der Waals surface area contributed by atoms with Crippen LogP contribution in [0.4, 0.5) is 5.82 Å². The number of amides is 1. The molecule has 0 radical (unpaired) electrons. The number of aromatic nitrogens is 1. The number of benzene rings is 1. The van der Waals surface area contributed by atoms with Crippen molar-refractivity contribution in [3.8, 4) is 5.75 Å².